The highest BCUT2D eigenvalue weighted by molar-refractivity contribution is 7.92. The van der Waals surface area contributed by atoms with E-state index in [1.54, 1.807) is 54.6 Å². The fraction of sp³-hybridized carbons (Fsp3) is 0.333. The molecule has 3 aromatic carbocycles. The molecule has 1 N–H and O–H groups in total. The summed E-state index contributed by atoms with van der Waals surface area (Å²) < 4.78 is 28.8. The van der Waals surface area contributed by atoms with Gasteiger partial charge in [-0.05, 0) is 82.1 Å². The van der Waals surface area contributed by atoms with Crippen LogP contribution in [-0.2, 0) is 26.2 Å². The minimum absolute atomic E-state index is 0.0349. The fourth-order valence-electron chi connectivity index (χ4n) is 4.16. The first-order chi connectivity index (χ1) is 18.7. The molecular formula is C30H35Cl2N3O4S. The van der Waals surface area contributed by atoms with E-state index in [1.807, 2.05) is 34.6 Å². The summed E-state index contributed by atoms with van der Waals surface area (Å²) in [7, 11) is -4.17. The molecule has 0 fully saturated rings. The maximum absolute atomic E-state index is 14.1. The molecule has 0 saturated heterocycles. The van der Waals surface area contributed by atoms with Gasteiger partial charge in [0.1, 0.15) is 12.6 Å². The van der Waals surface area contributed by atoms with Gasteiger partial charge < -0.3 is 10.2 Å². The standard InChI is InChI=1S/C30H35Cl2N3O4S/c1-6-27(29(37)33-30(3,4)5)34(19-22-12-14-23(31)15-13-22)28(36)20-35(25-9-7-8-24(32)18-25)40(38,39)26-16-10-21(2)11-17-26/h7-18,27H,6,19-20H2,1-5H3,(H,33,37)/t27-/m1/s1. The SMILES string of the molecule is CC[C@H](C(=O)NC(C)(C)C)N(Cc1ccc(Cl)cc1)C(=O)CN(c1cccc(Cl)c1)S(=O)(=O)c1ccc(C)cc1. The first-order valence-corrected chi connectivity index (χ1v) is 15.1. The summed E-state index contributed by atoms with van der Waals surface area (Å²) in [5.74, 6) is -0.866. The van der Waals surface area contributed by atoms with Gasteiger partial charge in [0.15, 0.2) is 0 Å². The Bertz CT molecular complexity index is 1440. The topological polar surface area (TPSA) is 86.8 Å². The summed E-state index contributed by atoms with van der Waals surface area (Å²) in [5.41, 5.74) is 1.35. The van der Waals surface area contributed by atoms with Crippen LogP contribution in [0.2, 0.25) is 10.0 Å². The Kier molecular flexibility index (Phi) is 10.3. The van der Waals surface area contributed by atoms with Gasteiger partial charge in [0.05, 0.1) is 10.6 Å². The van der Waals surface area contributed by atoms with Gasteiger partial charge in [-0.25, -0.2) is 8.42 Å². The lowest BCUT2D eigenvalue weighted by Gasteiger charge is -2.34. The molecule has 214 valence electrons. The third-order valence-corrected chi connectivity index (χ3v) is 8.41. The van der Waals surface area contributed by atoms with Crippen LogP contribution in [0.25, 0.3) is 0 Å². The van der Waals surface area contributed by atoms with Crippen molar-refractivity contribution < 1.29 is 18.0 Å². The molecule has 0 unspecified atom stereocenters. The summed E-state index contributed by atoms with van der Waals surface area (Å²) >= 11 is 12.3. The smallest absolute Gasteiger partial charge is 0.264 e. The summed E-state index contributed by atoms with van der Waals surface area (Å²) in [6.45, 7) is 8.79. The first kappa shape index (κ1) is 31.5. The molecule has 0 bridgehead atoms. The van der Waals surface area contributed by atoms with Crippen LogP contribution in [0.4, 0.5) is 5.69 Å². The molecule has 0 aliphatic rings. The zero-order valence-corrected chi connectivity index (χ0v) is 25.6. The Morgan fingerprint density at radius 1 is 0.925 bits per heavy atom. The van der Waals surface area contributed by atoms with E-state index in [4.69, 9.17) is 23.2 Å². The zero-order valence-electron chi connectivity index (χ0n) is 23.3. The molecule has 0 heterocycles. The minimum atomic E-state index is -4.17. The molecule has 0 aliphatic heterocycles. The minimum Gasteiger partial charge on any atom is -0.350 e. The lowest BCUT2D eigenvalue weighted by Crippen LogP contribution is -2.55. The summed E-state index contributed by atoms with van der Waals surface area (Å²) in [6.07, 6.45) is 0.323. The van der Waals surface area contributed by atoms with Gasteiger partial charge in [-0.15, -0.1) is 0 Å². The van der Waals surface area contributed by atoms with Gasteiger partial charge in [0, 0.05) is 22.1 Å². The van der Waals surface area contributed by atoms with E-state index in [2.05, 4.69) is 5.32 Å². The van der Waals surface area contributed by atoms with E-state index in [-0.39, 0.29) is 23.0 Å². The van der Waals surface area contributed by atoms with Crippen molar-refractivity contribution in [1.29, 1.82) is 0 Å². The van der Waals surface area contributed by atoms with Crippen molar-refractivity contribution in [2.24, 2.45) is 0 Å². The molecule has 2 amide bonds. The fourth-order valence-corrected chi connectivity index (χ4v) is 5.87. The lowest BCUT2D eigenvalue weighted by atomic mass is 10.1. The Balaban J connectivity index is 2.07. The second kappa shape index (κ2) is 13.1. The van der Waals surface area contributed by atoms with Gasteiger partial charge in [0.25, 0.3) is 10.0 Å². The molecule has 7 nitrogen and oxygen atoms in total. The number of hydrogen-bond acceptors (Lipinski definition) is 4. The van der Waals surface area contributed by atoms with Crippen molar-refractivity contribution in [1.82, 2.24) is 10.2 Å². The van der Waals surface area contributed by atoms with Crippen LogP contribution in [0.1, 0.15) is 45.2 Å². The third kappa shape index (κ3) is 8.22. The first-order valence-electron chi connectivity index (χ1n) is 12.9. The van der Waals surface area contributed by atoms with Crippen LogP contribution in [-0.4, -0.2) is 43.3 Å². The molecule has 40 heavy (non-hydrogen) atoms. The van der Waals surface area contributed by atoms with Crippen LogP contribution in [0.15, 0.2) is 77.7 Å². The van der Waals surface area contributed by atoms with Gasteiger partial charge >= 0.3 is 0 Å². The Labute approximate surface area is 247 Å². The molecule has 3 rings (SSSR count). The number of hydrogen-bond donors (Lipinski definition) is 1. The van der Waals surface area contributed by atoms with E-state index in [9.17, 15) is 18.0 Å². The van der Waals surface area contributed by atoms with Crippen molar-refractivity contribution >= 4 is 50.7 Å². The number of rotatable bonds is 10. The van der Waals surface area contributed by atoms with E-state index in [0.717, 1.165) is 15.4 Å². The molecule has 1 atom stereocenters. The van der Waals surface area contributed by atoms with Crippen LogP contribution in [0.5, 0.6) is 0 Å². The zero-order chi connectivity index (χ0) is 29.7. The number of aryl methyl sites for hydroxylation is 1. The maximum atomic E-state index is 14.1. The van der Waals surface area contributed by atoms with Crippen molar-refractivity contribution in [3.05, 3.63) is 94.0 Å². The number of halogens is 2. The van der Waals surface area contributed by atoms with Crippen LogP contribution < -0.4 is 9.62 Å². The van der Waals surface area contributed by atoms with Crippen molar-refractivity contribution in [2.75, 3.05) is 10.8 Å². The number of carbonyl (C=O) groups is 2. The normalized spacial score (nSPS) is 12.5. The van der Waals surface area contributed by atoms with E-state index >= 15 is 0 Å². The predicted molar refractivity (Wildman–Crippen MR) is 161 cm³/mol. The number of benzene rings is 3. The lowest BCUT2D eigenvalue weighted by molar-refractivity contribution is -0.141. The molecule has 0 spiro atoms. The number of nitrogens with one attached hydrogen (secondary N) is 1. The molecule has 0 saturated carbocycles. The number of nitrogens with zero attached hydrogens (tertiary/aromatic N) is 2. The van der Waals surface area contributed by atoms with Gasteiger partial charge in [0.2, 0.25) is 11.8 Å². The van der Waals surface area contributed by atoms with Gasteiger partial charge in [-0.3, -0.25) is 13.9 Å². The number of anilines is 1. The highest BCUT2D eigenvalue weighted by Crippen LogP contribution is 2.27. The summed E-state index contributed by atoms with van der Waals surface area (Å²) in [6, 6.07) is 18.8. The molecule has 10 heteroatoms. The van der Waals surface area contributed by atoms with Gasteiger partial charge in [-0.2, -0.15) is 0 Å². The highest BCUT2D eigenvalue weighted by Gasteiger charge is 2.34. The Morgan fingerprint density at radius 3 is 2.10 bits per heavy atom. The van der Waals surface area contributed by atoms with Gasteiger partial charge in [-0.1, -0.05) is 66.0 Å². The van der Waals surface area contributed by atoms with E-state index in [1.165, 1.54) is 23.1 Å². The average Bonchev–Trinajstić information content (AvgIpc) is 2.87. The van der Waals surface area contributed by atoms with E-state index in [0.29, 0.717) is 16.5 Å². The maximum Gasteiger partial charge on any atom is 0.264 e. The second-order valence-corrected chi connectivity index (χ2v) is 13.4. The Hall–Kier alpha value is -3.07. The third-order valence-electron chi connectivity index (χ3n) is 6.13. The predicted octanol–water partition coefficient (Wildman–Crippen LogP) is 6.22. The number of sulfonamides is 1. The summed E-state index contributed by atoms with van der Waals surface area (Å²) in [4.78, 5) is 28.9. The van der Waals surface area contributed by atoms with E-state index < -0.39 is 34.1 Å². The summed E-state index contributed by atoms with van der Waals surface area (Å²) in [5, 5.41) is 3.81. The molecule has 0 aliphatic carbocycles. The highest BCUT2D eigenvalue weighted by atomic mass is 35.5. The quantitative estimate of drug-likeness (QED) is 0.298. The number of carbonyl (C=O) groups excluding carboxylic acids is 2. The number of amides is 2. The molecular weight excluding hydrogens is 569 g/mol. The second-order valence-electron chi connectivity index (χ2n) is 10.6. The van der Waals surface area contributed by atoms with Crippen molar-refractivity contribution in [3.8, 4) is 0 Å². The molecule has 0 radical (unpaired) electrons. The largest absolute Gasteiger partial charge is 0.350 e. The van der Waals surface area contributed by atoms with Crippen LogP contribution >= 0.6 is 23.2 Å². The van der Waals surface area contributed by atoms with Crippen molar-refractivity contribution in [2.45, 2.75) is 64.1 Å². The average molecular weight is 605 g/mol. The molecule has 0 aromatic heterocycles. The Morgan fingerprint density at radius 2 is 1.55 bits per heavy atom. The van der Waals surface area contributed by atoms with Crippen LogP contribution in [0.3, 0.4) is 0 Å². The van der Waals surface area contributed by atoms with Crippen LogP contribution in [0, 0.1) is 6.92 Å². The monoisotopic (exact) mass is 603 g/mol. The van der Waals surface area contributed by atoms with Crippen molar-refractivity contribution in [3.63, 3.8) is 0 Å². The molecule has 3 aromatic rings.